The fourth-order valence-electron chi connectivity index (χ4n) is 2.04. The molecule has 1 heterocycles. The third-order valence-corrected chi connectivity index (χ3v) is 4.54. The predicted octanol–water partition coefficient (Wildman–Crippen LogP) is 0.964. The molecule has 94 valence electrons. The molecule has 0 spiro atoms. The van der Waals surface area contributed by atoms with Crippen molar-refractivity contribution in [2.75, 3.05) is 19.6 Å². The Morgan fingerprint density at radius 2 is 2.06 bits per heavy atom. The number of rotatable bonds is 5. The standard InChI is InChI=1S/C12H18N2O2S/c15-17(16,12-4-2-1-3-5-12)14-9-7-11-6-8-13-10-11/h1-5,11,13-14H,6-10H2/t11-/m1/s1. The summed E-state index contributed by atoms with van der Waals surface area (Å²) in [5.74, 6) is 0.605. The second-order valence-electron chi connectivity index (χ2n) is 4.36. The Morgan fingerprint density at radius 3 is 2.71 bits per heavy atom. The topological polar surface area (TPSA) is 58.2 Å². The van der Waals surface area contributed by atoms with Gasteiger partial charge in [-0.1, -0.05) is 18.2 Å². The fourth-order valence-corrected chi connectivity index (χ4v) is 3.11. The highest BCUT2D eigenvalue weighted by Crippen LogP contribution is 2.12. The molecule has 1 aliphatic heterocycles. The molecule has 0 aliphatic carbocycles. The first-order chi connectivity index (χ1) is 8.18. The predicted molar refractivity (Wildman–Crippen MR) is 67.2 cm³/mol. The van der Waals surface area contributed by atoms with Crippen molar-refractivity contribution in [2.24, 2.45) is 5.92 Å². The van der Waals surface area contributed by atoms with Gasteiger partial charge in [-0.3, -0.25) is 0 Å². The van der Waals surface area contributed by atoms with Crippen LogP contribution in [-0.4, -0.2) is 28.1 Å². The molecule has 0 aromatic heterocycles. The Morgan fingerprint density at radius 1 is 1.29 bits per heavy atom. The molecule has 0 radical (unpaired) electrons. The zero-order valence-electron chi connectivity index (χ0n) is 9.72. The van der Waals surface area contributed by atoms with E-state index in [0.717, 1.165) is 25.9 Å². The molecule has 1 aromatic rings. The average Bonchev–Trinajstić information content (AvgIpc) is 2.83. The molecule has 4 nitrogen and oxygen atoms in total. The van der Waals surface area contributed by atoms with E-state index in [4.69, 9.17) is 0 Å². The van der Waals surface area contributed by atoms with E-state index in [9.17, 15) is 8.42 Å². The molecule has 17 heavy (non-hydrogen) atoms. The van der Waals surface area contributed by atoms with Crippen LogP contribution >= 0.6 is 0 Å². The van der Waals surface area contributed by atoms with Crippen molar-refractivity contribution in [3.63, 3.8) is 0 Å². The highest BCUT2D eigenvalue weighted by atomic mass is 32.2. The van der Waals surface area contributed by atoms with Gasteiger partial charge in [0.05, 0.1) is 4.90 Å². The molecule has 2 rings (SSSR count). The maximum absolute atomic E-state index is 11.9. The fraction of sp³-hybridized carbons (Fsp3) is 0.500. The van der Waals surface area contributed by atoms with Crippen LogP contribution in [0, 0.1) is 5.92 Å². The molecule has 1 atom stereocenters. The third kappa shape index (κ3) is 3.52. The van der Waals surface area contributed by atoms with Gasteiger partial charge in [0.2, 0.25) is 10.0 Å². The zero-order valence-corrected chi connectivity index (χ0v) is 10.5. The molecular formula is C12H18N2O2S. The zero-order chi connectivity index (χ0) is 12.1. The lowest BCUT2D eigenvalue weighted by molar-refractivity contribution is 0.519. The summed E-state index contributed by atoms with van der Waals surface area (Å²) < 4.78 is 26.4. The highest BCUT2D eigenvalue weighted by Gasteiger charge is 2.16. The van der Waals surface area contributed by atoms with Gasteiger partial charge >= 0.3 is 0 Å². The number of benzene rings is 1. The van der Waals surface area contributed by atoms with Crippen molar-refractivity contribution in [3.05, 3.63) is 30.3 Å². The van der Waals surface area contributed by atoms with E-state index in [1.807, 2.05) is 6.07 Å². The summed E-state index contributed by atoms with van der Waals surface area (Å²) in [6.45, 7) is 2.58. The van der Waals surface area contributed by atoms with Gasteiger partial charge in [-0.15, -0.1) is 0 Å². The van der Waals surface area contributed by atoms with Gasteiger partial charge < -0.3 is 5.32 Å². The maximum Gasteiger partial charge on any atom is 0.240 e. The van der Waals surface area contributed by atoms with Crippen molar-refractivity contribution in [1.29, 1.82) is 0 Å². The van der Waals surface area contributed by atoms with Crippen LogP contribution in [0.3, 0.4) is 0 Å². The van der Waals surface area contributed by atoms with E-state index in [1.54, 1.807) is 24.3 Å². The summed E-state index contributed by atoms with van der Waals surface area (Å²) in [4.78, 5) is 0.338. The van der Waals surface area contributed by atoms with Crippen molar-refractivity contribution in [2.45, 2.75) is 17.7 Å². The van der Waals surface area contributed by atoms with Crippen LogP contribution in [0.1, 0.15) is 12.8 Å². The van der Waals surface area contributed by atoms with Crippen molar-refractivity contribution in [1.82, 2.24) is 10.0 Å². The van der Waals surface area contributed by atoms with Gasteiger partial charge in [0.1, 0.15) is 0 Å². The van der Waals surface area contributed by atoms with Gasteiger partial charge in [-0.05, 0) is 44.0 Å². The average molecular weight is 254 g/mol. The second kappa shape index (κ2) is 5.62. The number of hydrogen-bond donors (Lipinski definition) is 2. The molecule has 1 aliphatic rings. The summed E-state index contributed by atoms with van der Waals surface area (Å²) >= 11 is 0. The third-order valence-electron chi connectivity index (χ3n) is 3.06. The lowest BCUT2D eigenvalue weighted by Crippen LogP contribution is -2.26. The summed E-state index contributed by atoms with van der Waals surface area (Å²) in [6, 6.07) is 8.49. The Hall–Kier alpha value is -0.910. The Labute approximate surface area is 102 Å². The van der Waals surface area contributed by atoms with Gasteiger partial charge in [0.15, 0.2) is 0 Å². The first-order valence-electron chi connectivity index (χ1n) is 5.94. The van der Waals surface area contributed by atoms with Crippen LogP contribution in [-0.2, 0) is 10.0 Å². The summed E-state index contributed by atoms with van der Waals surface area (Å²) in [5.41, 5.74) is 0. The molecule has 1 aromatic carbocycles. The molecule has 0 bridgehead atoms. The minimum atomic E-state index is -3.32. The van der Waals surface area contributed by atoms with Crippen LogP contribution in [0.5, 0.6) is 0 Å². The second-order valence-corrected chi connectivity index (χ2v) is 6.13. The van der Waals surface area contributed by atoms with Crippen LogP contribution < -0.4 is 10.0 Å². The lowest BCUT2D eigenvalue weighted by Gasteiger charge is -2.09. The van der Waals surface area contributed by atoms with E-state index < -0.39 is 10.0 Å². The number of hydrogen-bond acceptors (Lipinski definition) is 3. The van der Waals surface area contributed by atoms with Crippen LogP contribution in [0.4, 0.5) is 0 Å². The van der Waals surface area contributed by atoms with Crippen molar-refractivity contribution >= 4 is 10.0 Å². The van der Waals surface area contributed by atoms with E-state index in [1.165, 1.54) is 0 Å². The van der Waals surface area contributed by atoms with Gasteiger partial charge in [-0.25, -0.2) is 13.1 Å². The van der Waals surface area contributed by atoms with Crippen molar-refractivity contribution < 1.29 is 8.42 Å². The SMILES string of the molecule is O=S(=O)(NCC[C@H]1CCNC1)c1ccccc1. The lowest BCUT2D eigenvalue weighted by atomic mass is 10.1. The minimum Gasteiger partial charge on any atom is -0.316 e. The quantitative estimate of drug-likeness (QED) is 0.823. The van der Waals surface area contributed by atoms with Gasteiger partial charge in [-0.2, -0.15) is 0 Å². The molecule has 0 amide bonds. The normalized spacial score (nSPS) is 20.6. The van der Waals surface area contributed by atoms with Crippen molar-refractivity contribution in [3.8, 4) is 0 Å². The molecule has 0 unspecified atom stereocenters. The van der Waals surface area contributed by atoms with Gasteiger partial charge in [0.25, 0.3) is 0 Å². The van der Waals surface area contributed by atoms with Crippen LogP contribution in [0.2, 0.25) is 0 Å². The van der Waals surface area contributed by atoms with E-state index in [-0.39, 0.29) is 0 Å². The smallest absolute Gasteiger partial charge is 0.240 e. The molecule has 1 fully saturated rings. The maximum atomic E-state index is 11.9. The molecule has 1 saturated heterocycles. The summed E-state index contributed by atoms with van der Waals surface area (Å²) in [6.07, 6.45) is 2.05. The molecule has 5 heteroatoms. The van der Waals surface area contributed by atoms with Crippen LogP contribution in [0.15, 0.2) is 35.2 Å². The van der Waals surface area contributed by atoms with Crippen LogP contribution in [0.25, 0.3) is 0 Å². The van der Waals surface area contributed by atoms with E-state index in [2.05, 4.69) is 10.0 Å². The van der Waals surface area contributed by atoms with E-state index >= 15 is 0 Å². The minimum absolute atomic E-state index is 0.338. The van der Waals surface area contributed by atoms with E-state index in [0.29, 0.717) is 17.4 Å². The largest absolute Gasteiger partial charge is 0.316 e. The first-order valence-corrected chi connectivity index (χ1v) is 7.42. The molecule has 2 N–H and O–H groups in total. The number of sulfonamides is 1. The highest BCUT2D eigenvalue weighted by molar-refractivity contribution is 7.89. The molecular weight excluding hydrogens is 236 g/mol. The van der Waals surface area contributed by atoms with Gasteiger partial charge in [0, 0.05) is 6.54 Å². The summed E-state index contributed by atoms with van der Waals surface area (Å²) in [7, 11) is -3.32. The Bertz CT molecular complexity index is 439. The molecule has 0 saturated carbocycles. The Kier molecular flexibility index (Phi) is 4.15. The monoisotopic (exact) mass is 254 g/mol. The first kappa shape index (κ1) is 12.5. The summed E-state index contributed by atoms with van der Waals surface area (Å²) in [5, 5.41) is 3.27. The Balaban J connectivity index is 1.85. The number of nitrogens with one attached hydrogen (secondary N) is 2.